The number of alkyl halides is 1. The van der Waals surface area contributed by atoms with Gasteiger partial charge in [-0.3, -0.25) is 4.79 Å². The Kier molecular flexibility index (Phi) is 7.12. The Hall–Kier alpha value is 1.01. The van der Waals surface area contributed by atoms with Crippen LogP contribution in [0.3, 0.4) is 0 Å². The quantitative estimate of drug-likeness (QED) is 0.652. The first-order valence-electron chi connectivity index (χ1n) is 3.31. The molecule has 61 valence electrons. The molecule has 1 radical (unpaired) electrons. The fourth-order valence-electron chi connectivity index (χ4n) is 0.940. The minimum absolute atomic E-state index is 0. The zero-order valence-corrected chi connectivity index (χ0v) is 10.7. The van der Waals surface area contributed by atoms with Gasteiger partial charge in [0, 0.05) is 45.8 Å². The average molecular weight is 295 g/mol. The Bertz CT molecular complexity index is 128. The molecular formula is C6H10BrN2OY-. The number of hydrogen-bond donors (Lipinski definition) is 0. The van der Waals surface area contributed by atoms with Gasteiger partial charge in [-0.2, -0.15) is 0 Å². The maximum Gasteiger partial charge on any atom is 0.233 e. The zero-order chi connectivity index (χ0) is 7.40. The fourth-order valence-corrected chi connectivity index (χ4v) is 1.30. The monoisotopic (exact) mass is 294 g/mol. The third-order valence-corrected chi connectivity index (χ3v) is 2.00. The van der Waals surface area contributed by atoms with E-state index in [1.165, 1.54) is 0 Å². The summed E-state index contributed by atoms with van der Waals surface area (Å²) in [5.41, 5.74) is 0. The molecule has 1 fully saturated rings. The van der Waals surface area contributed by atoms with Crippen LogP contribution in [-0.4, -0.2) is 42.3 Å². The summed E-state index contributed by atoms with van der Waals surface area (Å²) < 4.78 is 0. The molecule has 0 aromatic rings. The first-order valence-corrected chi connectivity index (χ1v) is 4.43. The van der Waals surface area contributed by atoms with E-state index in [2.05, 4.69) is 21.2 Å². The molecule has 1 saturated heterocycles. The number of carbonyl (C=O) groups is 1. The van der Waals surface area contributed by atoms with Crippen LogP contribution in [0.25, 0.3) is 5.32 Å². The van der Waals surface area contributed by atoms with Crippen LogP contribution >= 0.6 is 15.9 Å². The summed E-state index contributed by atoms with van der Waals surface area (Å²) in [6, 6.07) is 0. The van der Waals surface area contributed by atoms with Crippen LogP contribution in [-0.2, 0) is 37.5 Å². The molecule has 0 N–H and O–H groups in total. The molecule has 1 aliphatic heterocycles. The maximum absolute atomic E-state index is 11.0. The SMILES string of the molecule is O=C(CBr)N1CC[N-]CC1.[Y]. The van der Waals surface area contributed by atoms with Crippen molar-refractivity contribution >= 4 is 21.8 Å². The fraction of sp³-hybridized carbons (Fsp3) is 0.833. The molecule has 0 spiro atoms. The van der Waals surface area contributed by atoms with Crippen molar-refractivity contribution in [2.75, 3.05) is 31.5 Å². The Morgan fingerprint density at radius 1 is 1.45 bits per heavy atom. The van der Waals surface area contributed by atoms with E-state index in [-0.39, 0.29) is 38.6 Å². The summed E-state index contributed by atoms with van der Waals surface area (Å²) in [5, 5.41) is 4.57. The largest absolute Gasteiger partial charge is 0.659 e. The standard InChI is InChI=1S/C6H10BrN2O.Y/c7-5-6(10)9-3-1-8-2-4-9;/h1-5H2;/q-1;. The van der Waals surface area contributed by atoms with Gasteiger partial charge in [0.25, 0.3) is 0 Å². The summed E-state index contributed by atoms with van der Waals surface area (Å²) in [6.07, 6.45) is 0. The predicted octanol–water partition coefficient (Wildman–Crippen LogP) is 0.595. The van der Waals surface area contributed by atoms with Gasteiger partial charge in [0.05, 0.1) is 5.33 Å². The van der Waals surface area contributed by atoms with E-state index in [0.717, 1.165) is 26.2 Å². The Morgan fingerprint density at radius 2 is 2.00 bits per heavy atom. The van der Waals surface area contributed by atoms with Gasteiger partial charge in [0.2, 0.25) is 5.91 Å². The Balaban J connectivity index is 0.000001000. The number of amides is 1. The van der Waals surface area contributed by atoms with Crippen molar-refractivity contribution in [2.24, 2.45) is 0 Å². The van der Waals surface area contributed by atoms with Gasteiger partial charge in [0.15, 0.2) is 0 Å². The van der Waals surface area contributed by atoms with E-state index >= 15 is 0 Å². The van der Waals surface area contributed by atoms with Crippen LogP contribution in [0, 0.1) is 0 Å². The number of hydrogen-bond acceptors (Lipinski definition) is 1. The zero-order valence-electron chi connectivity index (χ0n) is 6.29. The van der Waals surface area contributed by atoms with Crippen molar-refractivity contribution in [1.82, 2.24) is 4.90 Å². The van der Waals surface area contributed by atoms with E-state index in [1.54, 1.807) is 0 Å². The molecule has 1 aliphatic rings. The molecule has 0 unspecified atom stereocenters. The van der Waals surface area contributed by atoms with Gasteiger partial charge < -0.3 is 10.2 Å². The maximum atomic E-state index is 11.0. The van der Waals surface area contributed by atoms with Gasteiger partial charge >= 0.3 is 0 Å². The molecule has 3 nitrogen and oxygen atoms in total. The second-order valence-electron chi connectivity index (χ2n) is 2.19. The molecule has 5 heteroatoms. The summed E-state index contributed by atoms with van der Waals surface area (Å²) >= 11 is 3.13. The molecule has 1 heterocycles. The Morgan fingerprint density at radius 3 is 2.45 bits per heavy atom. The summed E-state index contributed by atoms with van der Waals surface area (Å²) in [5.74, 6) is 0.176. The molecule has 1 amide bonds. The number of carbonyl (C=O) groups excluding carboxylic acids is 1. The van der Waals surface area contributed by atoms with Crippen molar-refractivity contribution in [3.63, 3.8) is 0 Å². The number of nitrogens with zero attached hydrogens (tertiary/aromatic N) is 2. The van der Waals surface area contributed by atoms with Crippen LogP contribution in [0.2, 0.25) is 0 Å². The topological polar surface area (TPSA) is 34.4 Å². The molecule has 0 aromatic carbocycles. The van der Waals surface area contributed by atoms with Crippen LogP contribution in [0.4, 0.5) is 0 Å². The number of halogens is 1. The van der Waals surface area contributed by atoms with Crippen molar-refractivity contribution < 1.29 is 37.5 Å². The van der Waals surface area contributed by atoms with E-state index in [0.29, 0.717) is 5.33 Å². The second kappa shape index (κ2) is 6.52. The van der Waals surface area contributed by atoms with Crippen molar-refractivity contribution in [3.05, 3.63) is 5.32 Å². The molecular weight excluding hydrogens is 285 g/mol. The van der Waals surface area contributed by atoms with Crippen molar-refractivity contribution in [3.8, 4) is 0 Å². The van der Waals surface area contributed by atoms with Gasteiger partial charge in [-0.25, -0.2) is 0 Å². The number of rotatable bonds is 1. The molecule has 0 aliphatic carbocycles. The predicted molar refractivity (Wildman–Crippen MR) is 43.5 cm³/mol. The van der Waals surface area contributed by atoms with Crippen LogP contribution in [0.5, 0.6) is 0 Å². The normalized spacial score (nSPS) is 17.4. The third-order valence-electron chi connectivity index (χ3n) is 1.52. The van der Waals surface area contributed by atoms with Gasteiger partial charge in [-0.15, -0.1) is 13.1 Å². The van der Waals surface area contributed by atoms with Crippen LogP contribution in [0.1, 0.15) is 0 Å². The molecule has 0 bridgehead atoms. The van der Waals surface area contributed by atoms with E-state index < -0.39 is 0 Å². The summed E-state index contributed by atoms with van der Waals surface area (Å²) in [4.78, 5) is 12.8. The Labute approximate surface area is 100 Å². The molecule has 11 heavy (non-hydrogen) atoms. The smallest absolute Gasteiger partial charge is 0.233 e. The second-order valence-corrected chi connectivity index (χ2v) is 2.75. The summed E-state index contributed by atoms with van der Waals surface area (Å²) in [7, 11) is 0. The van der Waals surface area contributed by atoms with Crippen LogP contribution < -0.4 is 0 Å². The summed E-state index contributed by atoms with van der Waals surface area (Å²) in [6.45, 7) is 3.20. The van der Waals surface area contributed by atoms with Crippen molar-refractivity contribution in [1.29, 1.82) is 0 Å². The van der Waals surface area contributed by atoms with Crippen molar-refractivity contribution in [2.45, 2.75) is 0 Å². The average Bonchev–Trinajstić information content (AvgIpc) is 2.05. The van der Waals surface area contributed by atoms with Gasteiger partial charge in [-0.1, -0.05) is 15.9 Å². The van der Waals surface area contributed by atoms with E-state index in [1.807, 2.05) is 4.90 Å². The molecule has 0 atom stereocenters. The van der Waals surface area contributed by atoms with Crippen LogP contribution in [0.15, 0.2) is 0 Å². The van der Waals surface area contributed by atoms with Gasteiger partial charge in [0.1, 0.15) is 0 Å². The number of piperazine rings is 1. The first kappa shape index (κ1) is 12.0. The minimum atomic E-state index is 0. The van der Waals surface area contributed by atoms with E-state index in [4.69, 9.17) is 0 Å². The van der Waals surface area contributed by atoms with E-state index in [9.17, 15) is 4.79 Å². The van der Waals surface area contributed by atoms with Gasteiger partial charge in [-0.05, 0) is 0 Å². The first-order chi connectivity index (χ1) is 4.84. The third kappa shape index (κ3) is 3.97. The molecule has 0 aromatic heterocycles. The minimum Gasteiger partial charge on any atom is -0.659 e. The molecule has 0 saturated carbocycles. The molecule has 1 rings (SSSR count).